The lowest BCUT2D eigenvalue weighted by Crippen LogP contribution is -2.49. The van der Waals surface area contributed by atoms with Crippen LogP contribution in [0.15, 0.2) is 24.3 Å². The Labute approximate surface area is 125 Å². The normalized spacial score (nSPS) is 20.0. The molecule has 2 rings (SSSR count). The van der Waals surface area contributed by atoms with Crippen LogP contribution in [-0.2, 0) is 6.42 Å². The molecule has 0 bridgehead atoms. The van der Waals surface area contributed by atoms with Crippen molar-refractivity contribution in [3.05, 3.63) is 29.8 Å². The molecule has 5 nitrogen and oxygen atoms in total. The Bertz CT molecular complexity index is 478. The van der Waals surface area contributed by atoms with Gasteiger partial charge in [0.2, 0.25) is 0 Å². The second-order valence-electron chi connectivity index (χ2n) is 5.65. The molecule has 1 fully saturated rings. The van der Waals surface area contributed by atoms with Crippen LogP contribution in [0, 0.1) is 0 Å². The first-order chi connectivity index (χ1) is 10.1. The molecule has 0 saturated carbocycles. The number of likely N-dealkylation sites (tertiary alicyclic amines) is 1. The third kappa shape index (κ3) is 4.63. The van der Waals surface area contributed by atoms with Crippen LogP contribution in [0.1, 0.15) is 25.3 Å². The lowest BCUT2D eigenvalue weighted by molar-refractivity contribution is 0.0835. The Morgan fingerprint density at radius 1 is 1.57 bits per heavy atom. The van der Waals surface area contributed by atoms with Gasteiger partial charge in [-0.05, 0) is 43.9 Å². The fourth-order valence-electron chi connectivity index (χ4n) is 2.65. The number of aliphatic hydroxyl groups is 1. The van der Waals surface area contributed by atoms with Crippen LogP contribution in [0.5, 0.6) is 5.75 Å². The van der Waals surface area contributed by atoms with Gasteiger partial charge in [-0.2, -0.15) is 0 Å². The van der Waals surface area contributed by atoms with Crippen molar-refractivity contribution in [1.29, 1.82) is 0 Å². The number of carbonyl (C=O) groups is 1. The van der Waals surface area contributed by atoms with Crippen molar-refractivity contribution in [2.75, 3.05) is 20.2 Å². The summed E-state index contributed by atoms with van der Waals surface area (Å²) in [5, 5.41) is 12.6. The molecule has 21 heavy (non-hydrogen) atoms. The highest BCUT2D eigenvalue weighted by Crippen LogP contribution is 2.14. The molecule has 1 aliphatic rings. The van der Waals surface area contributed by atoms with Crippen molar-refractivity contribution in [2.45, 2.75) is 38.3 Å². The van der Waals surface area contributed by atoms with E-state index in [0.29, 0.717) is 6.54 Å². The predicted octanol–water partition coefficient (Wildman–Crippen LogP) is 1.79. The van der Waals surface area contributed by atoms with Crippen molar-refractivity contribution in [3.63, 3.8) is 0 Å². The van der Waals surface area contributed by atoms with Crippen molar-refractivity contribution >= 4 is 6.03 Å². The van der Waals surface area contributed by atoms with E-state index >= 15 is 0 Å². The molecule has 0 radical (unpaired) electrons. The van der Waals surface area contributed by atoms with Crippen molar-refractivity contribution in [1.82, 2.24) is 10.2 Å². The molecular formula is C16H24N2O3. The van der Waals surface area contributed by atoms with Gasteiger partial charge in [0.25, 0.3) is 0 Å². The predicted molar refractivity (Wildman–Crippen MR) is 81.5 cm³/mol. The number of piperidine rings is 1. The van der Waals surface area contributed by atoms with E-state index < -0.39 is 6.10 Å². The van der Waals surface area contributed by atoms with Gasteiger partial charge in [-0.3, -0.25) is 0 Å². The zero-order chi connectivity index (χ0) is 15.2. The molecule has 1 aliphatic heterocycles. The molecule has 1 aromatic carbocycles. The zero-order valence-corrected chi connectivity index (χ0v) is 12.7. The number of rotatable bonds is 4. The Kier molecular flexibility index (Phi) is 5.44. The SMILES string of the molecule is COc1cccc(CC(C)NC(=O)N2CCCC(O)C2)c1. The van der Waals surface area contributed by atoms with Crippen LogP contribution in [0.4, 0.5) is 4.79 Å². The molecule has 5 heteroatoms. The Morgan fingerprint density at radius 2 is 2.38 bits per heavy atom. The first kappa shape index (κ1) is 15.6. The number of β-amino-alcohol motifs (C(OH)–C–C–N with tert-alkyl or cyclic N) is 1. The molecule has 2 amide bonds. The quantitative estimate of drug-likeness (QED) is 0.889. The third-order valence-corrected chi connectivity index (χ3v) is 3.73. The van der Waals surface area contributed by atoms with Gasteiger partial charge < -0.3 is 20.1 Å². The number of nitrogens with zero attached hydrogens (tertiary/aromatic N) is 1. The Hall–Kier alpha value is -1.75. The molecule has 1 aromatic rings. The highest BCUT2D eigenvalue weighted by atomic mass is 16.5. The minimum atomic E-state index is -0.391. The number of methoxy groups -OCH3 is 1. The van der Waals surface area contributed by atoms with Crippen LogP contribution < -0.4 is 10.1 Å². The van der Waals surface area contributed by atoms with Crippen LogP contribution in [0.2, 0.25) is 0 Å². The average Bonchev–Trinajstić information content (AvgIpc) is 2.47. The van der Waals surface area contributed by atoms with Gasteiger partial charge in [0.05, 0.1) is 13.2 Å². The lowest BCUT2D eigenvalue weighted by atomic mass is 10.1. The van der Waals surface area contributed by atoms with Crippen LogP contribution in [0.3, 0.4) is 0 Å². The van der Waals surface area contributed by atoms with Crippen molar-refractivity contribution in [3.8, 4) is 5.75 Å². The number of nitrogens with one attached hydrogen (secondary N) is 1. The number of ether oxygens (including phenoxy) is 1. The van der Waals surface area contributed by atoms with E-state index in [1.54, 1.807) is 12.0 Å². The second kappa shape index (κ2) is 7.31. The van der Waals surface area contributed by atoms with Crippen LogP contribution in [-0.4, -0.2) is 48.4 Å². The summed E-state index contributed by atoms with van der Waals surface area (Å²) in [4.78, 5) is 13.8. The molecule has 1 heterocycles. The molecule has 2 unspecified atom stereocenters. The van der Waals surface area contributed by atoms with Crippen molar-refractivity contribution in [2.24, 2.45) is 0 Å². The maximum absolute atomic E-state index is 12.1. The average molecular weight is 292 g/mol. The summed E-state index contributed by atoms with van der Waals surface area (Å²) in [6.45, 7) is 3.13. The zero-order valence-electron chi connectivity index (χ0n) is 12.7. The fraction of sp³-hybridized carbons (Fsp3) is 0.562. The van der Waals surface area contributed by atoms with Crippen molar-refractivity contribution < 1.29 is 14.6 Å². The van der Waals surface area contributed by atoms with E-state index in [2.05, 4.69) is 5.32 Å². The Balaban J connectivity index is 1.85. The monoisotopic (exact) mass is 292 g/mol. The number of hydrogen-bond donors (Lipinski definition) is 2. The largest absolute Gasteiger partial charge is 0.497 e. The van der Waals surface area contributed by atoms with Gasteiger partial charge in [-0.1, -0.05) is 12.1 Å². The minimum Gasteiger partial charge on any atom is -0.497 e. The maximum atomic E-state index is 12.1. The molecular weight excluding hydrogens is 268 g/mol. The Morgan fingerprint density at radius 3 is 3.10 bits per heavy atom. The van der Waals surface area contributed by atoms with Gasteiger partial charge in [-0.15, -0.1) is 0 Å². The fourth-order valence-corrected chi connectivity index (χ4v) is 2.65. The highest BCUT2D eigenvalue weighted by Gasteiger charge is 2.22. The van der Waals surface area contributed by atoms with E-state index in [4.69, 9.17) is 4.74 Å². The molecule has 2 atom stereocenters. The standard InChI is InChI=1S/C16H24N2O3/c1-12(9-13-5-3-7-15(10-13)21-2)17-16(20)18-8-4-6-14(19)11-18/h3,5,7,10,12,14,19H,4,6,8-9,11H2,1-2H3,(H,17,20). The van der Waals surface area contributed by atoms with Gasteiger partial charge in [0.1, 0.15) is 5.75 Å². The van der Waals surface area contributed by atoms with Crippen LogP contribution >= 0.6 is 0 Å². The van der Waals surface area contributed by atoms with Gasteiger partial charge in [-0.25, -0.2) is 4.79 Å². The first-order valence-electron chi connectivity index (χ1n) is 7.45. The van der Waals surface area contributed by atoms with Gasteiger partial charge in [0.15, 0.2) is 0 Å². The number of aliphatic hydroxyl groups excluding tert-OH is 1. The molecule has 0 spiro atoms. The number of hydrogen-bond acceptors (Lipinski definition) is 3. The molecule has 0 aromatic heterocycles. The van der Waals surface area contributed by atoms with Crippen LogP contribution in [0.25, 0.3) is 0 Å². The maximum Gasteiger partial charge on any atom is 0.317 e. The highest BCUT2D eigenvalue weighted by molar-refractivity contribution is 5.74. The number of urea groups is 1. The lowest BCUT2D eigenvalue weighted by Gasteiger charge is -2.31. The van der Waals surface area contributed by atoms with E-state index in [9.17, 15) is 9.90 Å². The van der Waals surface area contributed by atoms with E-state index in [0.717, 1.165) is 37.1 Å². The third-order valence-electron chi connectivity index (χ3n) is 3.73. The summed E-state index contributed by atoms with van der Waals surface area (Å²) in [7, 11) is 1.64. The number of benzene rings is 1. The summed E-state index contributed by atoms with van der Waals surface area (Å²) < 4.78 is 5.20. The number of amides is 2. The summed E-state index contributed by atoms with van der Waals surface area (Å²) in [5.41, 5.74) is 1.13. The molecule has 0 aliphatic carbocycles. The summed E-state index contributed by atoms with van der Waals surface area (Å²) >= 11 is 0. The van der Waals surface area contributed by atoms with Gasteiger partial charge >= 0.3 is 6.03 Å². The molecule has 1 saturated heterocycles. The molecule has 2 N–H and O–H groups in total. The van der Waals surface area contributed by atoms with E-state index in [1.165, 1.54) is 0 Å². The first-order valence-corrected chi connectivity index (χ1v) is 7.45. The topological polar surface area (TPSA) is 61.8 Å². The second-order valence-corrected chi connectivity index (χ2v) is 5.65. The summed E-state index contributed by atoms with van der Waals surface area (Å²) in [6, 6.07) is 7.79. The van der Waals surface area contributed by atoms with E-state index in [-0.39, 0.29) is 12.1 Å². The van der Waals surface area contributed by atoms with E-state index in [1.807, 2.05) is 31.2 Å². The van der Waals surface area contributed by atoms with Gasteiger partial charge in [0, 0.05) is 19.1 Å². The summed E-state index contributed by atoms with van der Waals surface area (Å²) in [6.07, 6.45) is 2.00. The smallest absolute Gasteiger partial charge is 0.317 e. The minimum absolute atomic E-state index is 0.0312. The molecule has 116 valence electrons. The number of carbonyl (C=O) groups excluding carboxylic acids is 1. The summed E-state index contributed by atoms with van der Waals surface area (Å²) in [5.74, 6) is 0.824.